The Balaban J connectivity index is 1.75. The van der Waals surface area contributed by atoms with Crippen LogP contribution >= 0.6 is 0 Å². The van der Waals surface area contributed by atoms with Crippen LogP contribution in [0.3, 0.4) is 0 Å². The highest BCUT2D eigenvalue weighted by Gasteiger charge is 2.14. The number of ether oxygens (including phenoxy) is 1. The monoisotopic (exact) mass is 422 g/mol. The number of fused-ring (bicyclic) bond motifs is 1. The molecule has 9 nitrogen and oxygen atoms in total. The maximum atomic E-state index is 12.1. The van der Waals surface area contributed by atoms with Gasteiger partial charge in [-0.15, -0.1) is 0 Å². The van der Waals surface area contributed by atoms with E-state index in [4.69, 9.17) is 9.15 Å². The molecule has 0 atom stereocenters. The van der Waals surface area contributed by atoms with E-state index in [2.05, 4.69) is 5.32 Å². The number of benzene rings is 2. The molecule has 1 N–H and O–H groups in total. The second-order valence-electron chi connectivity index (χ2n) is 6.51. The molecule has 9 heteroatoms. The van der Waals surface area contributed by atoms with Gasteiger partial charge in [-0.2, -0.15) is 0 Å². The lowest BCUT2D eigenvalue weighted by atomic mass is 10.1. The molecule has 3 rings (SSSR count). The van der Waals surface area contributed by atoms with Gasteiger partial charge in [-0.3, -0.25) is 14.9 Å². The Bertz CT molecular complexity index is 1240. The fourth-order valence-corrected chi connectivity index (χ4v) is 2.70. The summed E-state index contributed by atoms with van der Waals surface area (Å²) in [5, 5.41) is 13.9. The van der Waals surface area contributed by atoms with E-state index in [-0.39, 0.29) is 22.6 Å². The van der Waals surface area contributed by atoms with Crippen LogP contribution in [0.2, 0.25) is 0 Å². The number of non-ortho nitro benzene ring substituents is 1. The number of hydrogen-bond donors (Lipinski definition) is 1. The Hall–Kier alpha value is -4.27. The number of carbonyl (C=O) groups is 2. The Kier molecular flexibility index (Phi) is 6.56. The molecule has 0 bridgehead atoms. The van der Waals surface area contributed by atoms with Crippen molar-refractivity contribution in [2.45, 2.75) is 13.3 Å². The molecule has 0 fully saturated rings. The van der Waals surface area contributed by atoms with E-state index in [1.807, 2.05) is 6.92 Å². The molecule has 0 spiro atoms. The third-order valence-corrected chi connectivity index (χ3v) is 4.20. The lowest BCUT2D eigenvalue weighted by Crippen LogP contribution is -2.28. The number of amides is 1. The van der Waals surface area contributed by atoms with Gasteiger partial charge in [0.2, 0.25) is 0 Å². The number of hydrogen-bond acceptors (Lipinski definition) is 7. The average Bonchev–Trinajstić information content (AvgIpc) is 2.75. The van der Waals surface area contributed by atoms with Crippen molar-refractivity contribution in [3.63, 3.8) is 0 Å². The molecule has 158 valence electrons. The summed E-state index contributed by atoms with van der Waals surface area (Å²) in [5.41, 5.74) is -0.377. The first-order valence-electron chi connectivity index (χ1n) is 9.38. The number of rotatable bonds is 7. The van der Waals surface area contributed by atoms with Crippen molar-refractivity contribution in [2.75, 3.05) is 6.54 Å². The Morgan fingerprint density at radius 2 is 2.00 bits per heavy atom. The van der Waals surface area contributed by atoms with Gasteiger partial charge in [0.1, 0.15) is 16.9 Å². The SMILES string of the molecule is CCCNC(=O)c1cc2ccc(OC(=O)/C=C/c3cccc([N+](=O)[O-])c3)cc2oc1=O. The largest absolute Gasteiger partial charge is 0.423 e. The average molecular weight is 422 g/mol. The molecule has 3 aromatic rings. The number of esters is 1. The molecule has 0 radical (unpaired) electrons. The second kappa shape index (κ2) is 9.49. The van der Waals surface area contributed by atoms with Crippen LogP contribution in [0.5, 0.6) is 5.75 Å². The van der Waals surface area contributed by atoms with E-state index in [0.29, 0.717) is 17.5 Å². The predicted molar refractivity (Wildman–Crippen MR) is 113 cm³/mol. The summed E-state index contributed by atoms with van der Waals surface area (Å²) in [6.45, 7) is 2.33. The summed E-state index contributed by atoms with van der Waals surface area (Å²) in [6, 6.07) is 11.6. The highest BCUT2D eigenvalue weighted by atomic mass is 16.6. The zero-order valence-corrected chi connectivity index (χ0v) is 16.5. The number of nitrogens with one attached hydrogen (secondary N) is 1. The third kappa shape index (κ3) is 5.41. The summed E-state index contributed by atoms with van der Waals surface area (Å²) in [5.74, 6) is -1.10. The Labute approximate surface area is 176 Å². The normalized spacial score (nSPS) is 10.9. The number of nitro benzene ring substituents is 1. The van der Waals surface area contributed by atoms with Crippen LogP contribution in [0.25, 0.3) is 17.0 Å². The van der Waals surface area contributed by atoms with E-state index < -0.39 is 22.4 Å². The van der Waals surface area contributed by atoms with Gasteiger partial charge in [0.05, 0.1) is 4.92 Å². The predicted octanol–water partition coefficient (Wildman–Crippen LogP) is 3.46. The molecule has 0 saturated carbocycles. The molecule has 0 aliphatic rings. The minimum Gasteiger partial charge on any atom is -0.423 e. The summed E-state index contributed by atoms with van der Waals surface area (Å²) < 4.78 is 10.4. The van der Waals surface area contributed by atoms with Crippen molar-refractivity contribution in [3.8, 4) is 5.75 Å². The van der Waals surface area contributed by atoms with Crippen LogP contribution in [-0.4, -0.2) is 23.3 Å². The standard InChI is InChI=1S/C22H18N2O7/c1-2-10-23-21(26)18-12-15-7-8-17(13-19(15)31-22(18)27)30-20(25)9-6-14-4-3-5-16(11-14)24(28)29/h3-9,11-13H,2,10H2,1H3,(H,23,26)/b9-6+. The number of nitro groups is 1. The lowest BCUT2D eigenvalue weighted by molar-refractivity contribution is -0.384. The van der Waals surface area contributed by atoms with E-state index in [1.165, 1.54) is 42.5 Å². The van der Waals surface area contributed by atoms with Crippen LogP contribution in [0.15, 0.2) is 63.8 Å². The minimum atomic E-state index is -0.796. The van der Waals surface area contributed by atoms with Crippen LogP contribution in [0, 0.1) is 10.1 Å². The number of nitrogens with zero attached hydrogens (tertiary/aromatic N) is 1. The zero-order valence-electron chi connectivity index (χ0n) is 16.5. The molecule has 0 saturated heterocycles. The van der Waals surface area contributed by atoms with Crippen LogP contribution in [0.1, 0.15) is 29.3 Å². The smallest absolute Gasteiger partial charge is 0.349 e. The fraction of sp³-hybridized carbons (Fsp3) is 0.136. The van der Waals surface area contributed by atoms with Gasteiger partial charge < -0.3 is 14.5 Å². The third-order valence-electron chi connectivity index (χ3n) is 4.20. The first-order chi connectivity index (χ1) is 14.9. The van der Waals surface area contributed by atoms with Gasteiger partial charge in [-0.1, -0.05) is 19.1 Å². The minimum absolute atomic E-state index is 0.0946. The Morgan fingerprint density at radius 1 is 1.19 bits per heavy atom. The highest BCUT2D eigenvalue weighted by Crippen LogP contribution is 2.21. The molecule has 0 unspecified atom stereocenters. The Morgan fingerprint density at radius 3 is 2.74 bits per heavy atom. The molecule has 31 heavy (non-hydrogen) atoms. The van der Waals surface area contributed by atoms with E-state index in [9.17, 15) is 24.5 Å². The molecule has 0 aliphatic heterocycles. The van der Waals surface area contributed by atoms with Crippen LogP contribution in [-0.2, 0) is 4.79 Å². The molecular formula is C22H18N2O7. The lowest BCUT2D eigenvalue weighted by Gasteiger charge is -2.05. The molecule has 1 heterocycles. The summed E-state index contributed by atoms with van der Waals surface area (Å²) >= 11 is 0. The van der Waals surface area contributed by atoms with Crippen molar-refractivity contribution < 1.29 is 23.7 Å². The van der Waals surface area contributed by atoms with Gasteiger partial charge in [-0.25, -0.2) is 9.59 Å². The first kappa shape index (κ1) is 21.4. The van der Waals surface area contributed by atoms with Crippen molar-refractivity contribution in [2.24, 2.45) is 0 Å². The first-order valence-corrected chi connectivity index (χ1v) is 9.38. The number of carbonyl (C=O) groups excluding carboxylic acids is 2. The second-order valence-corrected chi connectivity index (χ2v) is 6.51. The van der Waals surface area contributed by atoms with Crippen molar-refractivity contribution in [1.29, 1.82) is 0 Å². The topological polar surface area (TPSA) is 129 Å². The maximum absolute atomic E-state index is 12.1. The molecular weight excluding hydrogens is 404 g/mol. The summed E-state index contributed by atoms with van der Waals surface area (Å²) in [7, 11) is 0. The maximum Gasteiger partial charge on any atom is 0.349 e. The van der Waals surface area contributed by atoms with Gasteiger partial charge in [-0.05, 0) is 36.3 Å². The van der Waals surface area contributed by atoms with E-state index >= 15 is 0 Å². The molecule has 1 amide bonds. The van der Waals surface area contributed by atoms with Crippen molar-refractivity contribution in [1.82, 2.24) is 5.32 Å². The van der Waals surface area contributed by atoms with Crippen molar-refractivity contribution in [3.05, 3.63) is 86.3 Å². The fourth-order valence-electron chi connectivity index (χ4n) is 2.70. The van der Waals surface area contributed by atoms with Gasteiger partial charge in [0.25, 0.3) is 11.6 Å². The highest BCUT2D eigenvalue weighted by molar-refractivity contribution is 5.97. The quantitative estimate of drug-likeness (QED) is 0.154. The van der Waals surface area contributed by atoms with E-state index in [1.54, 1.807) is 12.1 Å². The molecule has 1 aromatic heterocycles. The zero-order chi connectivity index (χ0) is 22.4. The molecule has 2 aromatic carbocycles. The van der Waals surface area contributed by atoms with Crippen LogP contribution in [0.4, 0.5) is 5.69 Å². The van der Waals surface area contributed by atoms with Gasteiger partial charge in [0.15, 0.2) is 0 Å². The molecule has 0 aliphatic carbocycles. The van der Waals surface area contributed by atoms with Crippen molar-refractivity contribution >= 4 is 34.6 Å². The van der Waals surface area contributed by atoms with E-state index in [0.717, 1.165) is 12.5 Å². The van der Waals surface area contributed by atoms with Gasteiger partial charge >= 0.3 is 11.6 Å². The van der Waals surface area contributed by atoms with Gasteiger partial charge in [0, 0.05) is 36.2 Å². The summed E-state index contributed by atoms with van der Waals surface area (Å²) in [4.78, 5) is 46.5. The van der Waals surface area contributed by atoms with Crippen LogP contribution < -0.4 is 15.7 Å². The summed E-state index contributed by atoms with van der Waals surface area (Å²) in [6.07, 6.45) is 3.24.